The summed E-state index contributed by atoms with van der Waals surface area (Å²) in [7, 11) is 1.85. The SMILES string of the molecule is CN(CC/C(N)=N/O)Cc1cc(Br)ccc1F. The minimum absolute atomic E-state index is 0.173. The number of halogens is 2. The first-order valence-corrected chi connectivity index (χ1v) is 5.91. The highest BCUT2D eigenvalue weighted by Crippen LogP contribution is 2.16. The van der Waals surface area contributed by atoms with Crippen LogP contribution in [0.15, 0.2) is 27.8 Å². The molecule has 0 saturated heterocycles. The Morgan fingerprint density at radius 1 is 1.59 bits per heavy atom. The maximum absolute atomic E-state index is 13.5. The van der Waals surface area contributed by atoms with Gasteiger partial charge in [0.15, 0.2) is 0 Å². The van der Waals surface area contributed by atoms with Crippen molar-refractivity contribution >= 4 is 21.8 Å². The highest BCUT2D eigenvalue weighted by molar-refractivity contribution is 9.10. The first kappa shape index (κ1) is 13.9. The zero-order valence-corrected chi connectivity index (χ0v) is 11.1. The lowest BCUT2D eigenvalue weighted by Gasteiger charge is -2.16. The monoisotopic (exact) mass is 303 g/mol. The molecule has 4 nitrogen and oxygen atoms in total. The third-order valence-corrected chi connectivity index (χ3v) is 2.82. The third-order valence-electron chi connectivity index (χ3n) is 2.33. The van der Waals surface area contributed by atoms with E-state index in [4.69, 9.17) is 10.9 Å². The molecule has 1 rings (SSSR count). The minimum Gasteiger partial charge on any atom is -0.409 e. The molecule has 94 valence electrons. The Morgan fingerprint density at radius 2 is 2.29 bits per heavy atom. The van der Waals surface area contributed by atoms with Crippen LogP contribution in [0.2, 0.25) is 0 Å². The van der Waals surface area contributed by atoms with Gasteiger partial charge in [0.1, 0.15) is 11.7 Å². The van der Waals surface area contributed by atoms with Gasteiger partial charge in [-0.05, 0) is 25.2 Å². The number of oxime groups is 1. The van der Waals surface area contributed by atoms with Crippen LogP contribution in [0.4, 0.5) is 4.39 Å². The molecule has 6 heteroatoms. The summed E-state index contributed by atoms with van der Waals surface area (Å²) in [4.78, 5) is 1.91. The van der Waals surface area contributed by atoms with Crippen molar-refractivity contribution in [1.29, 1.82) is 0 Å². The van der Waals surface area contributed by atoms with Crippen molar-refractivity contribution in [3.05, 3.63) is 34.1 Å². The zero-order valence-electron chi connectivity index (χ0n) is 9.53. The number of hydrogen-bond acceptors (Lipinski definition) is 3. The van der Waals surface area contributed by atoms with Crippen LogP contribution in [-0.4, -0.2) is 29.5 Å². The molecule has 0 fully saturated rings. The van der Waals surface area contributed by atoms with Gasteiger partial charge in [0, 0.05) is 29.5 Å². The molecule has 0 aliphatic heterocycles. The molecule has 0 aliphatic rings. The zero-order chi connectivity index (χ0) is 12.8. The molecule has 17 heavy (non-hydrogen) atoms. The van der Waals surface area contributed by atoms with Crippen LogP contribution >= 0.6 is 15.9 Å². The second-order valence-electron chi connectivity index (χ2n) is 3.81. The summed E-state index contributed by atoms with van der Waals surface area (Å²) in [5, 5.41) is 11.3. The summed E-state index contributed by atoms with van der Waals surface area (Å²) in [5.74, 6) is -0.0598. The molecule has 0 spiro atoms. The third kappa shape index (κ3) is 4.70. The van der Waals surface area contributed by atoms with Crippen LogP contribution in [0.1, 0.15) is 12.0 Å². The molecule has 0 aliphatic carbocycles. The van der Waals surface area contributed by atoms with E-state index in [0.717, 1.165) is 4.47 Å². The number of nitrogens with two attached hydrogens (primary N) is 1. The lowest BCUT2D eigenvalue weighted by Crippen LogP contribution is -2.24. The van der Waals surface area contributed by atoms with Gasteiger partial charge in [-0.25, -0.2) is 4.39 Å². The molecule has 1 aromatic carbocycles. The molecule has 0 atom stereocenters. The van der Waals surface area contributed by atoms with Crippen molar-refractivity contribution in [2.75, 3.05) is 13.6 Å². The van der Waals surface area contributed by atoms with Crippen LogP contribution in [0.25, 0.3) is 0 Å². The average Bonchev–Trinajstić information content (AvgIpc) is 2.30. The van der Waals surface area contributed by atoms with Gasteiger partial charge in [-0.15, -0.1) is 0 Å². The van der Waals surface area contributed by atoms with E-state index in [1.807, 2.05) is 11.9 Å². The largest absolute Gasteiger partial charge is 0.409 e. The van der Waals surface area contributed by atoms with E-state index in [-0.39, 0.29) is 11.7 Å². The molecule has 0 aromatic heterocycles. The van der Waals surface area contributed by atoms with Crippen LogP contribution < -0.4 is 5.73 Å². The van der Waals surface area contributed by atoms with E-state index in [2.05, 4.69) is 21.1 Å². The molecule has 0 unspecified atom stereocenters. The summed E-state index contributed by atoms with van der Waals surface area (Å²) in [6.07, 6.45) is 0.447. The molecule has 0 amide bonds. The first-order chi connectivity index (χ1) is 8.02. The van der Waals surface area contributed by atoms with E-state index in [9.17, 15) is 4.39 Å². The summed E-state index contributed by atoms with van der Waals surface area (Å²) < 4.78 is 14.3. The van der Waals surface area contributed by atoms with Crippen molar-refractivity contribution in [1.82, 2.24) is 4.90 Å². The van der Waals surface area contributed by atoms with Gasteiger partial charge < -0.3 is 15.8 Å². The van der Waals surface area contributed by atoms with Crippen LogP contribution in [0.5, 0.6) is 0 Å². The van der Waals surface area contributed by atoms with Gasteiger partial charge >= 0.3 is 0 Å². The highest BCUT2D eigenvalue weighted by atomic mass is 79.9. The molecular formula is C11H15BrFN3O. The smallest absolute Gasteiger partial charge is 0.140 e. The Hall–Kier alpha value is -1.14. The van der Waals surface area contributed by atoms with Gasteiger partial charge in [-0.2, -0.15) is 0 Å². The number of amidine groups is 1. The predicted molar refractivity (Wildman–Crippen MR) is 68.5 cm³/mol. The van der Waals surface area contributed by atoms with Crippen LogP contribution in [0, 0.1) is 5.82 Å². The number of nitrogens with zero attached hydrogens (tertiary/aromatic N) is 2. The van der Waals surface area contributed by atoms with Crippen molar-refractivity contribution in [2.24, 2.45) is 10.9 Å². The van der Waals surface area contributed by atoms with E-state index >= 15 is 0 Å². The summed E-state index contributed by atoms with van der Waals surface area (Å²) in [5.41, 5.74) is 5.97. The fourth-order valence-electron chi connectivity index (χ4n) is 1.39. The second-order valence-corrected chi connectivity index (χ2v) is 4.73. The predicted octanol–water partition coefficient (Wildman–Crippen LogP) is 2.16. The number of benzene rings is 1. The Balaban J connectivity index is 2.55. The maximum Gasteiger partial charge on any atom is 0.140 e. The minimum atomic E-state index is -0.233. The van der Waals surface area contributed by atoms with Gasteiger partial charge in [0.05, 0.1) is 0 Å². The summed E-state index contributed by atoms with van der Waals surface area (Å²) >= 11 is 3.30. The van der Waals surface area contributed by atoms with Gasteiger partial charge in [0.25, 0.3) is 0 Å². The molecule has 1 aromatic rings. The molecule has 3 N–H and O–H groups in total. The van der Waals surface area contributed by atoms with Gasteiger partial charge in [-0.1, -0.05) is 21.1 Å². The van der Waals surface area contributed by atoms with Crippen molar-refractivity contribution in [3.8, 4) is 0 Å². The van der Waals surface area contributed by atoms with E-state index in [1.165, 1.54) is 6.07 Å². The maximum atomic E-state index is 13.5. The van der Waals surface area contributed by atoms with Crippen molar-refractivity contribution in [2.45, 2.75) is 13.0 Å². The fourth-order valence-corrected chi connectivity index (χ4v) is 1.80. The summed E-state index contributed by atoms with van der Waals surface area (Å²) in [6.45, 7) is 1.08. The van der Waals surface area contributed by atoms with Gasteiger partial charge in [0.2, 0.25) is 0 Å². The second kappa shape index (κ2) is 6.56. The first-order valence-electron chi connectivity index (χ1n) is 5.12. The fraction of sp³-hybridized carbons (Fsp3) is 0.364. The average molecular weight is 304 g/mol. The quantitative estimate of drug-likeness (QED) is 0.379. The summed E-state index contributed by atoms with van der Waals surface area (Å²) in [6, 6.07) is 4.83. The van der Waals surface area contributed by atoms with E-state index in [0.29, 0.717) is 25.1 Å². The topological polar surface area (TPSA) is 61.8 Å². The Kier molecular flexibility index (Phi) is 5.37. The standard InChI is InChI=1S/C11H15BrFN3O/c1-16(5-4-11(14)15-17)7-8-6-9(12)2-3-10(8)13/h2-3,6,17H,4-5,7H2,1H3,(H2,14,15). The molecule has 0 bridgehead atoms. The van der Waals surface area contributed by atoms with Crippen molar-refractivity contribution < 1.29 is 9.60 Å². The molecule has 0 heterocycles. The highest BCUT2D eigenvalue weighted by Gasteiger charge is 2.07. The number of rotatable bonds is 5. The molecule has 0 radical (unpaired) electrons. The Bertz CT molecular complexity index is 412. The lowest BCUT2D eigenvalue weighted by atomic mass is 10.2. The van der Waals surface area contributed by atoms with Crippen LogP contribution in [0.3, 0.4) is 0 Å². The van der Waals surface area contributed by atoms with E-state index < -0.39 is 0 Å². The molecule has 0 saturated carbocycles. The number of hydrogen-bond donors (Lipinski definition) is 2. The normalized spacial score (nSPS) is 12.1. The van der Waals surface area contributed by atoms with E-state index in [1.54, 1.807) is 12.1 Å². The lowest BCUT2D eigenvalue weighted by molar-refractivity contribution is 0.308. The van der Waals surface area contributed by atoms with Crippen LogP contribution in [-0.2, 0) is 6.54 Å². The molecular weight excluding hydrogens is 289 g/mol. The van der Waals surface area contributed by atoms with Crippen molar-refractivity contribution in [3.63, 3.8) is 0 Å². The Morgan fingerprint density at radius 3 is 2.94 bits per heavy atom. The van der Waals surface area contributed by atoms with Gasteiger partial charge in [-0.3, -0.25) is 0 Å². The Labute approximate surface area is 108 Å².